The number of benzene rings is 1. The fourth-order valence-corrected chi connectivity index (χ4v) is 0.958. The summed E-state index contributed by atoms with van der Waals surface area (Å²) in [6.45, 7) is -0.790. The van der Waals surface area contributed by atoms with Crippen LogP contribution >= 0.6 is 0 Å². The summed E-state index contributed by atoms with van der Waals surface area (Å²) in [5, 5.41) is 17.0. The van der Waals surface area contributed by atoms with Crippen LogP contribution in [0.4, 0.5) is 4.39 Å². The molecule has 0 atom stereocenters. The number of carboxylic acids is 2. The van der Waals surface area contributed by atoms with Gasteiger partial charge in [-0.1, -0.05) is 6.07 Å². The van der Waals surface area contributed by atoms with Crippen molar-refractivity contribution in [1.29, 1.82) is 0 Å². The quantitative estimate of drug-likeness (QED) is 0.780. The zero-order chi connectivity index (χ0) is 11.4. The summed E-state index contributed by atoms with van der Waals surface area (Å²) >= 11 is 0. The van der Waals surface area contributed by atoms with E-state index in [0.717, 1.165) is 12.1 Å². The molecular formula is C9H7FO5. The highest BCUT2D eigenvalue weighted by Crippen LogP contribution is 2.22. The van der Waals surface area contributed by atoms with Gasteiger partial charge in [0.25, 0.3) is 0 Å². The normalized spacial score (nSPS) is 9.67. The number of aliphatic carboxylic acids is 1. The van der Waals surface area contributed by atoms with Crippen molar-refractivity contribution in [3.05, 3.63) is 29.6 Å². The molecule has 0 radical (unpaired) electrons. The van der Waals surface area contributed by atoms with E-state index in [0.29, 0.717) is 0 Å². The number of ether oxygens (including phenoxy) is 1. The van der Waals surface area contributed by atoms with Crippen LogP contribution in [-0.2, 0) is 4.79 Å². The standard InChI is InChI=1S/C9H7FO5/c10-6-3-1-2-5(9(13)14)8(6)15-4-7(11)12/h1-3H,4H2,(H,11,12)(H,13,14). The van der Waals surface area contributed by atoms with Gasteiger partial charge in [0.1, 0.15) is 5.56 Å². The van der Waals surface area contributed by atoms with Gasteiger partial charge < -0.3 is 14.9 Å². The maximum atomic E-state index is 13.1. The molecular weight excluding hydrogens is 207 g/mol. The van der Waals surface area contributed by atoms with Gasteiger partial charge in [-0.2, -0.15) is 0 Å². The summed E-state index contributed by atoms with van der Waals surface area (Å²) in [4.78, 5) is 20.8. The molecule has 80 valence electrons. The molecule has 1 aromatic carbocycles. The van der Waals surface area contributed by atoms with Gasteiger partial charge in [-0.3, -0.25) is 0 Å². The lowest BCUT2D eigenvalue weighted by Gasteiger charge is -2.07. The molecule has 0 aromatic heterocycles. The first kappa shape index (κ1) is 11.0. The molecule has 1 rings (SSSR count). The van der Waals surface area contributed by atoms with E-state index in [1.807, 2.05) is 0 Å². The first-order valence-electron chi connectivity index (χ1n) is 3.88. The number of carbonyl (C=O) groups is 2. The van der Waals surface area contributed by atoms with Crippen LogP contribution < -0.4 is 4.74 Å². The lowest BCUT2D eigenvalue weighted by atomic mass is 10.2. The molecule has 0 saturated heterocycles. The largest absolute Gasteiger partial charge is 0.479 e. The molecule has 0 spiro atoms. The second kappa shape index (κ2) is 4.41. The molecule has 1 aromatic rings. The van der Waals surface area contributed by atoms with E-state index in [9.17, 15) is 14.0 Å². The highest BCUT2D eigenvalue weighted by Gasteiger charge is 2.16. The Balaban J connectivity index is 3.02. The van der Waals surface area contributed by atoms with E-state index in [1.54, 1.807) is 0 Å². The summed E-state index contributed by atoms with van der Waals surface area (Å²) in [6.07, 6.45) is 0. The van der Waals surface area contributed by atoms with Crippen molar-refractivity contribution >= 4 is 11.9 Å². The number of para-hydroxylation sites is 1. The van der Waals surface area contributed by atoms with Gasteiger partial charge in [0, 0.05) is 0 Å². The van der Waals surface area contributed by atoms with E-state index in [1.165, 1.54) is 6.07 Å². The predicted octanol–water partition coefficient (Wildman–Crippen LogP) is 0.987. The maximum Gasteiger partial charge on any atom is 0.341 e. The molecule has 2 N–H and O–H groups in total. The maximum absolute atomic E-state index is 13.1. The third kappa shape index (κ3) is 2.67. The molecule has 0 aliphatic rings. The zero-order valence-electron chi connectivity index (χ0n) is 7.44. The van der Waals surface area contributed by atoms with Gasteiger partial charge in [0.05, 0.1) is 0 Å². The first-order valence-corrected chi connectivity index (χ1v) is 3.88. The molecule has 0 aliphatic heterocycles. The van der Waals surface area contributed by atoms with E-state index in [4.69, 9.17) is 10.2 Å². The average molecular weight is 214 g/mol. The Hall–Kier alpha value is -2.11. The number of hydrogen-bond donors (Lipinski definition) is 2. The van der Waals surface area contributed by atoms with Gasteiger partial charge in [-0.05, 0) is 12.1 Å². The molecule has 0 bridgehead atoms. The van der Waals surface area contributed by atoms with E-state index >= 15 is 0 Å². The smallest absolute Gasteiger partial charge is 0.341 e. The van der Waals surface area contributed by atoms with Crippen molar-refractivity contribution in [2.75, 3.05) is 6.61 Å². The number of halogens is 1. The minimum Gasteiger partial charge on any atom is -0.479 e. The Morgan fingerprint density at radius 1 is 1.33 bits per heavy atom. The summed E-state index contributed by atoms with van der Waals surface area (Å²) in [5.41, 5.74) is -0.406. The summed E-state index contributed by atoms with van der Waals surface area (Å²) in [6, 6.07) is 3.32. The summed E-state index contributed by atoms with van der Waals surface area (Å²) < 4.78 is 17.6. The van der Waals surface area contributed by atoms with Crippen LogP contribution in [0.1, 0.15) is 10.4 Å². The second-order valence-electron chi connectivity index (χ2n) is 2.60. The molecule has 0 fully saturated rings. The van der Waals surface area contributed by atoms with Crippen molar-refractivity contribution in [1.82, 2.24) is 0 Å². The fourth-order valence-electron chi connectivity index (χ4n) is 0.958. The van der Waals surface area contributed by atoms with Gasteiger partial charge in [0.2, 0.25) is 0 Å². The molecule has 0 heterocycles. The Morgan fingerprint density at radius 2 is 2.00 bits per heavy atom. The van der Waals surface area contributed by atoms with E-state index in [-0.39, 0.29) is 0 Å². The van der Waals surface area contributed by atoms with Crippen LogP contribution in [0.15, 0.2) is 18.2 Å². The molecule has 0 unspecified atom stereocenters. The van der Waals surface area contributed by atoms with Gasteiger partial charge in [0.15, 0.2) is 18.2 Å². The molecule has 6 heteroatoms. The van der Waals surface area contributed by atoms with Crippen molar-refractivity contribution in [3.63, 3.8) is 0 Å². The van der Waals surface area contributed by atoms with Gasteiger partial charge in [-0.15, -0.1) is 0 Å². The fraction of sp³-hybridized carbons (Fsp3) is 0.111. The van der Waals surface area contributed by atoms with Crippen LogP contribution in [0, 0.1) is 5.82 Å². The third-order valence-corrected chi connectivity index (χ3v) is 1.54. The highest BCUT2D eigenvalue weighted by molar-refractivity contribution is 5.91. The number of rotatable bonds is 4. The molecule has 5 nitrogen and oxygen atoms in total. The van der Waals surface area contributed by atoms with Crippen LogP contribution in [0.2, 0.25) is 0 Å². The lowest BCUT2D eigenvalue weighted by molar-refractivity contribution is -0.139. The van der Waals surface area contributed by atoms with Crippen molar-refractivity contribution in [2.24, 2.45) is 0 Å². The van der Waals surface area contributed by atoms with Crippen LogP contribution in [0.25, 0.3) is 0 Å². The summed E-state index contributed by atoms with van der Waals surface area (Å²) in [7, 11) is 0. The predicted molar refractivity (Wildman–Crippen MR) is 46.5 cm³/mol. The second-order valence-corrected chi connectivity index (χ2v) is 2.60. The van der Waals surface area contributed by atoms with Crippen LogP contribution in [-0.4, -0.2) is 28.8 Å². The van der Waals surface area contributed by atoms with Crippen LogP contribution in [0.5, 0.6) is 5.75 Å². The van der Waals surface area contributed by atoms with Gasteiger partial charge >= 0.3 is 11.9 Å². The summed E-state index contributed by atoms with van der Waals surface area (Å²) in [5.74, 6) is -4.16. The molecule has 0 amide bonds. The van der Waals surface area contributed by atoms with E-state index in [2.05, 4.69) is 4.74 Å². The van der Waals surface area contributed by atoms with Crippen molar-refractivity contribution in [3.8, 4) is 5.75 Å². The lowest BCUT2D eigenvalue weighted by Crippen LogP contribution is -2.13. The van der Waals surface area contributed by atoms with Gasteiger partial charge in [-0.25, -0.2) is 14.0 Å². The topological polar surface area (TPSA) is 83.8 Å². The highest BCUT2D eigenvalue weighted by atomic mass is 19.1. The Morgan fingerprint density at radius 3 is 2.53 bits per heavy atom. The molecule has 0 saturated carbocycles. The van der Waals surface area contributed by atoms with E-state index < -0.39 is 35.7 Å². The zero-order valence-corrected chi connectivity index (χ0v) is 7.44. The van der Waals surface area contributed by atoms with Crippen molar-refractivity contribution in [2.45, 2.75) is 0 Å². The Bertz CT molecular complexity index is 401. The van der Waals surface area contributed by atoms with Crippen molar-refractivity contribution < 1.29 is 28.9 Å². The first-order chi connectivity index (χ1) is 7.02. The van der Waals surface area contributed by atoms with Crippen LogP contribution in [0.3, 0.4) is 0 Å². The monoisotopic (exact) mass is 214 g/mol. The Kier molecular flexibility index (Phi) is 3.22. The SMILES string of the molecule is O=C(O)COc1c(F)cccc1C(=O)O. The number of aromatic carboxylic acids is 1. The number of carboxylic acid groups (broad SMARTS) is 2. The molecule has 0 aliphatic carbocycles. The Labute approximate surface area is 83.7 Å². The average Bonchev–Trinajstić information content (AvgIpc) is 2.15. The minimum atomic E-state index is -1.38. The minimum absolute atomic E-state index is 0.406. The third-order valence-electron chi connectivity index (χ3n) is 1.54. The molecule has 15 heavy (non-hydrogen) atoms. The number of hydrogen-bond acceptors (Lipinski definition) is 3.